The molecule has 0 amide bonds. The molecule has 2 rings (SSSR count). The van der Waals surface area contributed by atoms with Crippen LogP contribution >= 0.6 is 11.6 Å². The number of hydrogen-bond donors (Lipinski definition) is 1. The van der Waals surface area contributed by atoms with Gasteiger partial charge in [-0.1, -0.05) is 67.4 Å². The third-order valence-corrected chi connectivity index (χ3v) is 4.10. The second-order valence-electron chi connectivity index (χ2n) is 5.39. The van der Waals surface area contributed by atoms with Crippen molar-refractivity contribution in [3.8, 4) is 11.1 Å². The van der Waals surface area contributed by atoms with E-state index >= 15 is 0 Å². The maximum absolute atomic E-state index is 12.2. The zero-order valence-electron chi connectivity index (χ0n) is 13.4. The Bertz CT molecular complexity index is 667. The standard InChI is InChI=1S/C19H21ClO3/c1-3-13-19(22,18(21)23-4-2)15-11-9-14(10-12-15)16-7-5-6-8-17(16)20/h5-12,22H,3-4,13H2,1-2H3. The molecule has 2 aromatic carbocycles. The zero-order valence-corrected chi connectivity index (χ0v) is 14.1. The van der Waals surface area contributed by atoms with Crippen LogP contribution < -0.4 is 0 Å². The van der Waals surface area contributed by atoms with Gasteiger partial charge in [0.2, 0.25) is 0 Å². The lowest BCUT2D eigenvalue weighted by Crippen LogP contribution is -2.37. The van der Waals surface area contributed by atoms with E-state index in [1.807, 2.05) is 43.3 Å². The molecule has 0 spiro atoms. The topological polar surface area (TPSA) is 46.5 Å². The zero-order chi connectivity index (χ0) is 16.9. The van der Waals surface area contributed by atoms with E-state index in [0.717, 1.165) is 11.1 Å². The molecule has 1 atom stereocenters. The first kappa shape index (κ1) is 17.5. The van der Waals surface area contributed by atoms with Gasteiger partial charge in [0.15, 0.2) is 5.60 Å². The molecule has 0 saturated heterocycles. The van der Waals surface area contributed by atoms with Crippen LogP contribution in [0.4, 0.5) is 0 Å². The summed E-state index contributed by atoms with van der Waals surface area (Å²) in [5.41, 5.74) is 0.774. The Morgan fingerprint density at radius 2 is 1.78 bits per heavy atom. The minimum Gasteiger partial charge on any atom is -0.464 e. The third kappa shape index (κ3) is 3.74. The summed E-state index contributed by atoms with van der Waals surface area (Å²) >= 11 is 6.21. The molecule has 4 heteroatoms. The fourth-order valence-corrected chi connectivity index (χ4v) is 2.84. The van der Waals surface area contributed by atoms with E-state index < -0.39 is 11.6 Å². The van der Waals surface area contributed by atoms with Crippen LogP contribution in [-0.4, -0.2) is 17.7 Å². The quantitative estimate of drug-likeness (QED) is 0.789. The summed E-state index contributed by atoms with van der Waals surface area (Å²) in [5.74, 6) is -0.604. The lowest BCUT2D eigenvalue weighted by Gasteiger charge is -2.26. The summed E-state index contributed by atoms with van der Waals surface area (Å²) in [4.78, 5) is 12.2. The van der Waals surface area contributed by atoms with Crippen LogP contribution in [0.1, 0.15) is 32.3 Å². The summed E-state index contributed by atoms with van der Waals surface area (Å²) < 4.78 is 5.04. The number of ether oxygens (including phenoxy) is 1. The highest BCUT2D eigenvalue weighted by molar-refractivity contribution is 6.33. The Balaban J connectivity index is 2.36. The molecule has 1 unspecified atom stereocenters. The predicted molar refractivity (Wildman–Crippen MR) is 92.3 cm³/mol. The van der Waals surface area contributed by atoms with E-state index in [0.29, 0.717) is 23.4 Å². The second-order valence-corrected chi connectivity index (χ2v) is 5.80. The van der Waals surface area contributed by atoms with Gasteiger partial charge in [0, 0.05) is 10.6 Å². The number of halogens is 1. The van der Waals surface area contributed by atoms with Gasteiger partial charge in [-0.2, -0.15) is 0 Å². The first-order valence-electron chi connectivity index (χ1n) is 7.78. The Kier molecular flexibility index (Phi) is 5.80. The minimum absolute atomic E-state index is 0.239. The first-order valence-corrected chi connectivity index (χ1v) is 8.15. The van der Waals surface area contributed by atoms with E-state index in [4.69, 9.17) is 16.3 Å². The number of carbonyl (C=O) groups is 1. The number of aliphatic hydroxyl groups is 1. The summed E-state index contributed by atoms with van der Waals surface area (Å²) in [6.45, 7) is 3.88. The van der Waals surface area contributed by atoms with E-state index in [9.17, 15) is 9.90 Å². The van der Waals surface area contributed by atoms with Gasteiger partial charge in [-0.05, 0) is 30.5 Å². The number of carbonyl (C=O) groups excluding carboxylic acids is 1. The lowest BCUT2D eigenvalue weighted by molar-refractivity contribution is -0.167. The molecule has 0 radical (unpaired) electrons. The molecule has 1 N–H and O–H groups in total. The molecule has 0 aliphatic carbocycles. The van der Waals surface area contributed by atoms with E-state index in [-0.39, 0.29) is 6.61 Å². The maximum Gasteiger partial charge on any atom is 0.342 e. The van der Waals surface area contributed by atoms with Crippen LogP contribution in [0.5, 0.6) is 0 Å². The number of esters is 1. The first-order chi connectivity index (χ1) is 11.0. The summed E-state index contributed by atoms with van der Waals surface area (Å²) in [7, 11) is 0. The maximum atomic E-state index is 12.2. The van der Waals surface area contributed by atoms with Crippen molar-refractivity contribution in [2.24, 2.45) is 0 Å². The van der Waals surface area contributed by atoms with Crippen LogP contribution in [-0.2, 0) is 15.1 Å². The Hall–Kier alpha value is -1.84. The average molecular weight is 333 g/mol. The van der Waals surface area contributed by atoms with Crippen LogP contribution in [0.15, 0.2) is 48.5 Å². The lowest BCUT2D eigenvalue weighted by atomic mass is 9.88. The minimum atomic E-state index is -1.61. The van der Waals surface area contributed by atoms with Gasteiger partial charge >= 0.3 is 5.97 Å². The largest absolute Gasteiger partial charge is 0.464 e. The molecular weight excluding hydrogens is 312 g/mol. The van der Waals surface area contributed by atoms with Gasteiger partial charge in [0.1, 0.15) is 0 Å². The highest BCUT2D eigenvalue weighted by Crippen LogP contribution is 2.32. The van der Waals surface area contributed by atoms with Crippen molar-refractivity contribution in [1.29, 1.82) is 0 Å². The smallest absolute Gasteiger partial charge is 0.342 e. The molecule has 3 nitrogen and oxygen atoms in total. The molecule has 2 aromatic rings. The van der Waals surface area contributed by atoms with Gasteiger partial charge in [-0.15, -0.1) is 0 Å². The van der Waals surface area contributed by atoms with Crippen molar-refractivity contribution in [2.75, 3.05) is 6.61 Å². The Morgan fingerprint density at radius 1 is 1.13 bits per heavy atom. The molecule has 0 aromatic heterocycles. The Labute approximate surface area is 141 Å². The van der Waals surface area contributed by atoms with Crippen LogP contribution in [0.2, 0.25) is 5.02 Å². The summed E-state index contributed by atoms with van der Waals surface area (Å²) in [5, 5.41) is 11.5. The number of benzene rings is 2. The van der Waals surface area contributed by atoms with Gasteiger partial charge in [-0.25, -0.2) is 4.79 Å². The fourth-order valence-electron chi connectivity index (χ4n) is 2.60. The molecule has 23 heavy (non-hydrogen) atoms. The molecule has 0 fully saturated rings. The molecule has 0 aliphatic rings. The average Bonchev–Trinajstić information content (AvgIpc) is 2.56. The van der Waals surface area contributed by atoms with E-state index in [1.54, 1.807) is 19.1 Å². The predicted octanol–water partition coefficient (Wildman–Crippen LogP) is 4.56. The summed E-state index contributed by atoms with van der Waals surface area (Å²) in [6.07, 6.45) is 0.985. The van der Waals surface area contributed by atoms with Crippen molar-refractivity contribution >= 4 is 17.6 Å². The van der Waals surface area contributed by atoms with Gasteiger partial charge in [0.25, 0.3) is 0 Å². The highest BCUT2D eigenvalue weighted by Gasteiger charge is 2.38. The molecule has 0 saturated carbocycles. The number of hydrogen-bond acceptors (Lipinski definition) is 3. The van der Waals surface area contributed by atoms with Crippen molar-refractivity contribution < 1.29 is 14.6 Å². The number of rotatable bonds is 6. The molecular formula is C19H21ClO3. The van der Waals surface area contributed by atoms with Crippen molar-refractivity contribution in [3.63, 3.8) is 0 Å². The normalized spacial score (nSPS) is 13.4. The van der Waals surface area contributed by atoms with Gasteiger partial charge in [-0.3, -0.25) is 0 Å². The third-order valence-electron chi connectivity index (χ3n) is 3.77. The second kappa shape index (κ2) is 7.62. The van der Waals surface area contributed by atoms with Crippen LogP contribution in [0.25, 0.3) is 11.1 Å². The fraction of sp³-hybridized carbons (Fsp3) is 0.316. The van der Waals surface area contributed by atoms with Crippen molar-refractivity contribution in [2.45, 2.75) is 32.3 Å². The SMILES string of the molecule is CCCC(O)(C(=O)OCC)c1ccc(-c2ccccc2Cl)cc1. The van der Waals surface area contributed by atoms with Crippen LogP contribution in [0.3, 0.4) is 0 Å². The molecule has 0 heterocycles. The van der Waals surface area contributed by atoms with Gasteiger partial charge < -0.3 is 9.84 Å². The van der Waals surface area contributed by atoms with E-state index in [1.165, 1.54) is 0 Å². The van der Waals surface area contributed by atoms with Crippen molar-refractivity contribution in [3.05, 3.63) is 59.1 Å². The molecule has 0 bridgehead atoms. The highest BCUT2D eigenvalue weighted by atomic mass is 35.5. The van der Waals surface area contributed by atoms with Crippen molar-refractivity contribution in [1.82, 2.24) is 0 Å². The van der Waals surface area contributed by atoms with Crippen LogP contribution in [0, 0.1) is 0 Å². The van der Waals surface area contributed by atoms with E-state index in [2.05, 4.69) is 0 Å². The monoisotopic (exact) mass is 332 g/mol. The summed E-state index contributed by atoms with van der Waals surface area (Å²) in [6, 6.07) is 14.8. The Morgan fingerprint density at radius 3 is 2.35 bits per heavy atom. The molecule has 122 valence electrons. The molecule has 0 aliphatic heterocycles. The van der Waals surface area contributed by atoms with Gasteiger partial charge in [0.05, 0.1) is 6.61 Å².